The molecule has 1 atom stereocenters. The first-order valence-corrected chi connectivity index (χ1v) is 9.55. The summed E-state index contributed by atoms with van der Waals surface area (Å²) in [6.07, 6.45) is 4.24. The van der Waals surface area contributed by atoms with Crippen molar-refractivity contribution in [2.75, 3.05) is 23.8 Å². The third-order valence-electron chi connectivity index (χ3n) is 4.56. The standard InChI is InChI=1S/C21H22N4OS/c27-21(23-14-19-6-3-11-26-19)25-18-9-10-20(22-13-18)24-17-8-7-15-4-1-2-5-16(15)12-17/h1-2,4-5,7-10,12-13,19H,3,6,11,14H2,(H,22,24)(H2,23,25,27)/t19-/m1/s1. The van der Waals surface area contributed by atoms with E-state index in [1.54, 1.807) is 6.20 Å². The second kappa shape index (κ2) is 8.33. The maximum atomic E-state index is 5.58. The first-order valence-electron chi connectivity index (χ1n) is 9.15. The molecule has 27 heavy (non-hydrogen) atoms. The minimum atomic E-state index is 0.261. The number of aromatic nitrogens is 1. The molecular formula is C21H22N4OS. The summed E-state index contributed by atoms with van der Waals surface area (Å²) in [6.45, 7) is 1.59. The van der Waals surface area contributed by atoms with Gasteiger partial charge in [0.25, 0.3) is 0 Å². The zero-order chi connectivity index (χ0) is 18.5. The van der Waals surface area contributed by atoms with Crippen LogP contribution in [-0.2, 0) is 4.74 Å². The minimum absolute atomic E-state index is 0.261. The molecule has 4 rings (SSSR count). The number of thiocarbonyl (C=S) groups is 1. The predicted molar refractivity (Wildman–Crippen MR) is 115 cm³/mol. The van der Waals surface area contributed by atoms with Crippen molar-refractivity contribution in [1.82, 2.24) is 10.3 Å². The van der Waals surface area contributed by atoms with E-state index in [-0.39, 0.29) is 6.10 Å². The van der Waals surface area contributed by atoms with Gasteiger partial charge in [-0.1, -0.05) is 30.3 Å². The molecule has 1 aliphatic rings. The molecule has 0 amide bonds. The van der Waals surface area contributed by atoms with Gasteiger partial charge in [-0.2, -0.15) is 0 Å². The highest BCUT2D eigenvalue weighted by atomic mass is 32.1. The molecule has 3 N–H and O–H groups in total. The van der Waals surface area contributed by atoms with Crippen LogP contribution in [-0.4, -0.2) is 29.4 Å². The van der Waals surface area contributed by atoms with E-state index in [0.717, 1.165) is 43.2 Å². The highest BCUT2D eigenvalue weighted by molar-refractivity contribution is 7.80. The largest absolute Gasteiger partial charge is 0.376 e. The highest BCUT2D eigenvalue weighted by Gasteiger charge is 2.15. The first-order chi connectivity index (χ1) is 13.3. The Bertz CT molecular complexity index is 923. The summed E-state index contributed by atoms with van der Waals surface area (Å²) in [5.74, 6) is 0.786. The van der Waals surface area contributed by atoms with Crippen molar-refractivity contribution < 1.29 is 4.74 Å². The number of hydrogen-bond donors (Lipinski definition) is 3. The average molecular weight is 379 g/mol. The molecule has 2 aromatic carbocycles. The van der Waals surface area contributed by atoms with Gasteiger partial charge in [-0.15, -0.1) is 0 Å². The van der Waals surface area contributed by atoms with Gasteiger partial charge in [0.05, 0.1) is 18.0 Å². The number of rotatable bonds is 5. The molecule has 0 saturated carbocycles. The van der Waals surface area contributed by atoms with E-state index in [2.05, 4.69) is 51.3 Å². The van der Waals surface area contributed by atoms with Crippen LogP contribution in [0.5, 0.6) is 0 Å². The van der Waals surface area contributed by atoms with Crippen LogP contribution in [0.15, 0.2) is 60.8 Å². The smallest absolute Gasteiger partial charge is 0.170 e. The van der Waals surface area contributed by atoms with Crippen molar-refractivity contribution in [3.63, 3.8) is 0 Å². The molecule has 1 aromatic heterocycles. The van der Waals surface area contributed by atoms with Gasteiger partial charge in [0.2, 0.25) is 0 Å². The molecule has 1 saturated heterocycles. The summed E-state index contributed by atoms with van der Waals surface area (Å²) >= 11 is 5.33. The monoisotopic (exact) mass is 378 g/mol. The number of pyridine rings is 1. The fourth-order valence-electron chi connectivity index (χ4n) is 3.14. The second-order valence-electron chi connectivity index (χ2n) is 6.59. The Morgan fingerprint density at radius 2 is 1.93 bits per heavy atom. The van der Waals surface area contributed by atoms with Crippen LogP contribution in [0.3, 0.4) is 0 Å². The fraction of sp³-hybridized carbons (Fsp3) is 0.238. The number of fused-ring (bicyclic) bond motifs is 1. The van der Waals surface area contributed by atoms with E-state index in [4.69, 9.17) is 17.0 Å². The van der Waals surface area contributed by atoms with E-state index in [9.17, 15) is 0 Å². The van der Waals surface area contributed by atoms with E-state index < -0.39 is 0 Å². The van der Waals surface area contributed by atoms with Crippen LogP contribution in [0.1, 0.15) is 12.8 Å². The molecule has 0 spiro atoms. The maximum absolute atomic E-state index is 5.58. The van der Waals surface area contributed by atoms with Crippen LogP contribution in [0.4, 0.5) is 17.2 Å². The van der Waals surface area contributed by atoms with Crippen LogP contribution in [0, 0.1) is 0 Å². The van der Waals surface area contributed by atoms with Gasteiger partial charge in [-0.25, -0.2) is 4.98 Å². The van der Waals surface area contributed by atoms with Crippen molar-refractivity contribution in [2.45, 2.75) is 18.9 Å². The van der Waals surface area contributed by atoms with Crippen molar-refractivity contribution in [2.24, 2.45) is 0 Å². The second-order valence-corrected chi connectivity index (χ2v) is 7.00. The fourth-order valence-corrected chi connectivity index (χ4v) is 3.35. The minimum Gasteiger partial charge on any atom is -0.376 e. The van der Waals surface area contributed by atoms with Gasteiger partial charge < -0.3 is 20.7 Å². The van der Waals surface area contributed by atoms with Crippen LogP contribution < -0.4 is 16.0 Å². The maximum Gasteiger partial charge on any atom is 0.170 e. The number of benzene rings is 2. The SMILES string of the molecule is S=C(NC[C@H]1CCCO1)Nc1ccc(Nc2ccc3ccccc3c2)nc1. The van der Waals surface area contributed by atoms with Gasteiger partial charge >= 0.3 is 0 Å². The van der Waals surface area contributed by atoms with Gasteiger partial charge in [0, 0.05) is 18.8 Å². The lowest BCUT2D eigenvalue weighted by Crippen LogP contribution is -2.34. The molecule has 3 aromatic rings. The van der Waals surface area contributed by atoms with Crippen molar-refractivity contribution in [1.29, 1.82) is 0 Å². The summed E-state index contributed by atoms with van der Waals surface area (Å²) < 4.78 is 5.58. The average Bonchev–Trinajstić information content (AvgIpc) is 3.22. The Morgan fingerprint density at radius 3 is 2.70 bits per heavy atom. The number of ether oxygens (including phenoxy) is 1. The Labute approximate surface area is 164 Å². The van der Waals surface area contributed by atoms with Gasteiger partial charge in [0.1, 0.15) is 5.82 Å². The van der Waals surface area contributed by atoms with Gasteiger partial charge in [0.15, 0.2) is 5.11 Å². The molecule has 0 unspecified atom stereocenters. The number of anilines is 3. The molecule has 0 bridgehead atoms. The van der Waals surface area contributed by atoms with E-state index >= 15 is 0 Å². The zero-order valence-electron chi connectivity index (χ0n) is 14.9. The summed E-state index contributed by atoms with van der Waals surface area (Å²) in [5.41, 5.74) is 1.86. The molecule has 138 valence electrons. The molecule has 1 aliphatic heterocycles. The Balaban J connectivity index is 1.33. The first kappa shape index (κ1) is 17.7. The van der Waals surface area contributed by atoms with Crippen molar-refractivity contribution >= 4 is 45.3 Å². The Kier molecular flexibility index (Phi) is 5.46. The molecule has 2 heterocycles. The normalized spacial score (nSPS) is 16.2. The summed E-state index contributed by atoms with van der Waals surface area (Å²) in [7, 11) is 0. The Hall–Kier alpha value is -2.70. The lowest BCUT2D eigenvalue weighted by molar-refractivity contribution is 0.114. The molecule has 5 nitrogen and oxygen atoms in total. The van der Waals surface area contributed by atoms with E-state index in [1.165, 1.54) is 10.8 Å². The summed E-state index contributed by atoms with van der Waals surface area (Å²) in [4.78, 5) is 4.46. The molecule has 6 heteroatoms. The zero-order valence-corrected chi connectivity index (χ0v) is 15.8. The van der Waals surface area contributed by atoms with E-state index in [0.29, 0.717) is 5.11 Å². The van der Waals surface area contributed by atoms with Gasteiger partial charge in [-0.3, -0.25) is 0 Å². The third kappa shape index (κ3) is 4.72. The molecular weight excluding hydrogens is 356 g/mol. The third-order valence-corrected chi connectivity index (χ3v) is 4.80. The van der Waals surface area contributed by atoms with Crippen LogP contribution in [0.25, 0.3) is 10.8 Å². The summed E-state index contributed by atoms with van der Waals surface area (Å²) in [6, 6.07) is 18.5. The Morgan fingerprint density at radius 1 is 1.07 bits per heavy atom. The number of hydrogen-bond acceptors (Lipinski definition) is 4. The van der Waals surface area contributed by atoms with Crippen molar-refractivity contribution in [3.05, 3.63) is 60.8 Å². The summed E-state index contributed by atoms with van der Waals surface area (Å²) in [5, 5.41) is 12.7. The van der Waals surface area contributed by atoms with Crippen molar-refractivity contribution in [3.8, 4) is 0 Å². The number of nitrogens with one attached hydrogen (secondary N) is 3. The lowest BCUT2D eigenvalue weighted by Gasteiger charge is -2.14. The quantitative estimate of drug-likeness (QED) is 0.571. The highest BCUT2D eigenvalue weighted by Crippen LogP contribution is 2.22. The number of nitrogens with zero attached hydrogens (tertiary/aromatic N) is 1. The lowest BCUT2D eigenvalue weighted by atomic mass is 10.1. The topological polar surface area (TPSA) is 58.2 Å². The molecule has 0 radical (unpaired) electrons. The van der Waals surface area contributed by atoms with Crippen LogP contribution >= 0.6 is 12.2 Å². The molecule has 0 aliphatic carbocycles. The van der Waals surface area contributed by atoms with Crippen LogP contribution in [0.2, 0.25) is 0 Å². The molecule has 1 fully saturated rings. The van der Waals surface area contributed by atoms with Gasteiger partial charge in [-0.05, 0) is 60.1 Å². The predicted octanol–water partition coefficient (Wildman–Crippen LogP) is 4.44. The van der Waals surface area contributed by atoms with E-state index in [1.807, 2.05) is 24.3 Å².